The summed E-state index contributed by atoms with van der Waals surface area (Å²) >= 11 is 6.17. The largest absolute Gasteiger partial charge is 0.460 e. The van der Waals surface area contributed by atoms with E-state index in [-0.39, 0.29) is 30.2 Å². The maximum atomic E-state index is 12.8. The maximum Gasteiger partial charge on any atom is 0.313 e. The number of ketones is 1. The van der Waals surface area contributed by atoms with Crippen LogP contribution in [0.15, 0.2) is 42.5 Å². The first-order valence-corrected chi connectivity index (χ1v) is 11.3. The summed E-state index contributed by atoms with van der Waals surface area (Å²) in [4.78, 5) is 29.1. The summed E-state index contributed by atoms with van der Waals surface area (Å²) in [5.74, 6) is -0.583. The molecule has 3 aromatic rings. The van der Waals surface area contributed by atoms with Crippen molar-refractivity contribution in [2.45, 2.75) is 59.5 Å². The quantitative estimate of drug-likeness (QED) is 0.293. The van der Waals surface area contributed by atoms with Gasteiger partial charge in [0.05, 0.1) is 5.92 Å². The van der Waals surface area contributed by atoms with Crippen LogP contribution in [-0.4, -0.2) is 16.7 Å². The molecule has 0 spiro atoms. The Bertz CT molecular complexity index is 1080. The van der Waals surface area contributed by atoms with Gasteiger partial charge in [0.2, 0.25) is 0 Å². The van der Waals surface area contributed by atoms with E-state index in [1.165, 1.54) is 0 Å². The van der Waals surface area contributed by atoms with Gasteiger partial charge < -0.3 is 9.72 Å². The average molecular weight is 440 g/mol. The van der Waals surface area contributed by atoms with Gasteiger partial charge in [-0.1, -0.05) is 76.0 Å². The summed E-state index contributed by atoms with van der Waals surface area (Å²) in [5.41, 5.74) is 4.32. The van der Waals surface area contributed by atoms with Gasteiger partial charge in [0.25, 0.3) is 0 Å². The molecule has 1 atom stereocenters. The van der Waals surface area contributed by atoms with Gasteiger partial charge in [-0.3, -0.25) is 9.59 Å². The highest BCUT2D eigenvalue weighted by molar-refractivity contribution is 6.31. The van der Waals surface area contributed by atoms with Crippen molar-refractivity contribution in [2.75, 3.05) is 0 Å². The number of carbonyl (C=O) groups is 2. The third kappa shape index (κ3) is 5.01. The normalized spacial score (nSPS) is 12.3. The number of aromatic amines is 1. The highest BCUT2D eigenvalue weighted by Gasteiger charge is 2.24. The van der Waals surface area contributed by atoms with E-state index in [0.717, 1.165) is 46.1 Å². The van der Waals surface area contributed by atoms with E-state index >= 15 is 0 Å². The van der Waals surface area contributed by atoms with Crippen molar-refractivity contribution in [2.24, 2.45) is 5.92 Å². The third-order valence-corrected chi connectivity index (χ3v) is 5.96. The molecule has 0 fully saturated rings. The monoisotopic (exact) mass is 439 g/mol. The maximum absolute atomic E-state index is 12.8. The number of rotatable bonds is 9. The zero-order valence-corrected chi connectivity index (χ0v) is 19.4. The second-order valence-electron chi connectivity index (χ2n) is 8.21. The Labute approximate surface area is 188 Å². The molecular weight excluding hydrogens is 410 g/mol. The minimum Gasteiger partial charge on any atom is -0.460 e. The van der Waals surface area contributed by atoms with Gasteiger partial charge in [0, 0.05) is 38.7 Å². The molecule has 0 aliphatic carbocycles. The van der Waals surface area contributed by atoms with E-state index in [1.807, 2.05) is 57.2 Å². The summed E-state index contributed by atoms with van der Waals surface area (Å²) in [5, 5.41) is 1.51. The fraction of sp³-hybridized carbons (Fsp3) is 0.385. The zero-order valence-electron chi connectivity index (χ0n) is 18.6. The molecule has 2 aromatic carbocycles. The summed E-state index contributed by atoms with van der Waals surface area (Å²) in [6, 6.07) is 13.2. The number of esters is 1. The fourth-order valence-corrected chi connectivity index (χ4v) is 4.09. The van der Waals surface area contributed by atoms with Gasteiger partial charge in [-0.25, -0.2) is 0 Å². The summed E-state index contributed by atoms with van der Waals surface area (Å²) in [7, 11) is 0. The highest BCUT2D eigenvalue weighted by Crippen LogP contribution is 2.31. The second kappa shape index (κ2) is 10.1. The molecular formula is C26H30ClNO3. The van der Waals surface area contributed by atoms with Crippen LogP contribution in [0.1, 0.15) is 73.6 Å². The molecule has 0 saturated heterocycles. The van der Waals surface area contributed by atoms with Crippen LogP contribution in [0, 0.1) is 5.92 Å². The number of nitrogens with one attached hydrogen (secondary N) is 1. The van der Waals surface area contributed by atoms with Crippen LogP contribution in [0.25, 0.3) is 10.9 Å². The van der Waals surface area contributed by atoms with Gasteiger partial charge in [0.15, 0.2) is 5.78 Å². The minimum atomic E-state index is -0.380. The van der Waals surface area contributed by atoms with Crippen LogP contribution in [0.4, 0.5) is 0 Å². The van der Waals surface area contributed by atoms with E-state index in [2.05, 4.69) is 11.9 Å². The third-order valence-electron chi connectivity index (χ3n) is 5.59. The number of ether oxygens (including phenoxy) is 1. The van der Waals surface area contributed by atoms with Crippen LogP contribution in [0.3, 0.4) is 0 Å². The topological polar surface area (TPSA) is 59.2 Å². The number of fused-ring (bicyclic) bond motifs is 1. The molecule has 0 aliphatic rings. The molecule has 5 heteroatoms. The first kappa shape index (κ1) is 23.1. The lowest BCUT2D eigenvalue weighted by molar-refractivity contribution is -0.146. The van der Waals surface area contributed by atoms with Crippen molar-refractivity contribution in [1.29, 1.82) is 0 Å². The minimum absolute atomic E-state index is 0.0718. The number of halogens is 1. The Morgan fingerprint density at radius 3 is 2.48 bits per heavy atom. The number of hydrogen-bond donors (Lipinski definition) is 1. The Balaban J connectivity index is 1.89. The lowest BCUT2D eigenvalue weighted by Gasteiger charge is -2.15. The predicted molar refractivity (Wildman–Crippen MR) is 126 cm³/mol. The number of hydrogen-bond acceptors (Lipinski definition) is 3. The molecule has 0 amide bonds. The number of aromatic nitrogens is 1. The molecule has 0 radical (unpaired) electrons. The van der Waals surface area contributed by atoms with Crippen molar-refractivity contribution in [1.82, 2.24) is 4.98 Å². The molecule has 0 aliphatic heterocycles. The summed E-state index contributed by atoms with van der Waals surface area (Å²) in [6.45, 7) is 8.06. The van der Waals surface area contributed by atoms with E-state index in [9.17, 15) is 9.59 Å². The molecule has 164 valence electrons. The van der Waals surface area contributed by atoms with Gasteiger partial charge in [-0.2, -0.15) is 0 Å². The molecule has 4 nitrogen and oxygen atoms in total. The van der Waals surface area contributed by atoms with E-state index in [1.54, 1.807) is 6.07 Å². The fourth-order valence-electron chi connectivity index (χ4n) is 3.90. The predicted octanol–water partition coefficient (Wildman–Crippen LogP) is 6.85. The van der Waals surface area contributed by atoms with Gasteiger partial charge in [0.1, 0.15) is 6.61 Å². The van der Waals surface area contributed by atoms with Crippen LogP contribution in [0.5, 0.6) is 0 Å². The molecule has 1 heterocycles. The molecule has 1 unspecified atom stereocenters. The van der Waals surface area contributed by atoms with Crippen molar-refractivity contribution >= 4 is 34.3 Å². The number of carbonyl (C=O) groups excluding carboxylic acids is 2. The standard InChI is InChI=1S/C26H30ClNO3/c1-5-9-22-24(25(29)16(3)4)20-13-12-17(14-23(20)28-22)19(6-2)26(30)31-15-18-10-7-8-11-21(18)27/h7-8,10-14,16,19,28H,5-6,9,15H2,1-4H3. The van der Waals surface area contributed by atoms with Gasteiger partial charge in [-0.05, 0) is 30.5 Å². The van der Waals surface area contributed by atoms with E-state index in [0.29, 0.717) is 11.4 Å². The Morgan fingerprint density at radius 2 is 1.84 bits per heavy atom. The summed E-state index contributed by atoms with van der Waals surface area (Å²) < 4.78 is 5.58. The van der Waals surface area contributed by atoms with Crippen molar-refractivity contribution in [3.63, 3.8) is 0 Å². The van der Waals surface area contributed by atoms with E-state index in [4.69, 9.17) is 16.3 Å². The first-order valence-electron chi connectivity index (χ1n) is 11.0. The Kier molecular flexibility index (Phi) is 7.55. The van der Waals surface area contributed by atoms with Crippen LogP contribution >= 0.6 is 11.6 Å². The second-order valence-corrected chi connectivity index (χ2v) is 8.62. The zero-order chi connectivity index (χ0) is 22.5. The lowest BCUT2D eigenvalue weighted by atomic mass is 9.93. The number of aryl methyl sites for hydroxylation is 1. The molecule has 0 saturated carbocycles. The summed E-state index contributed by atoms with van der Waals surface area (Å²) in [6.07, 6.45) is 2.38. The van der Waals surface area contributed by atoms with Crippen LogP contribution in [0.2, 0.25) is 5.02 Å². The van der Waals surface area contributed by atoms with Crippen molar-refractivity contribution in [3.8, 4) is 0 Å². The van der Waals surface area contributed by atoms with Crippen LogP contribution in [-0.2, 0) is 22.6 Å². The van der Waals surface area contributed by atoms with Crippen molar-refractivity contribution < 1.29 is 14.3 Å². The lowest BCUT2D eigenvalue weighted by Crippen LogP contribution is -2.15. The number of H-pyrrole nitrogens is 1. The van der Waals surface area contributed by atoms with Crippen LogP contribution < -0.4 is 0 Å². The Morgan fingerprint density at radius 1 is 1.10 bits per heavy atom. The molecule has 1 N–H and O–H groups in total. The highest BCUT2D eigenvalue weighted by atomic mass is 35.5. The number of benzene rings is 2. The van der Waals surface area contributed by atoms with Gasteiger partial charge >= 0.3 is 5.97 Å². The van der Waals surface area contributed by atoms with E-state index < -0.39 is 0 Å². The molecule has 31 heavy (non-hydrogen) atoms. The molecule has 3 rings (SSSR count). The van der Waals surface area contributed by atoms with Gasteiger partial charge in [-0.15, -0.1) is 0 Å². The number of Topliss-reactive ketones (excluding diaryl/α,β-unsaturated/α-hetero) is 1. The molecule has 0 bridgehead atoms. The molecule has 1 aromatic heterocycles. The van der Waals surface area contributed by atoms with Crippen molar-refractivity contribution in [3.05, 3.63) is 69.9 Å². The Hall–Kier alpha value is -2.59. The smallest absolute Gasteiger partial charge is 0.313 e. The average Bonchev–Trinajstić information content (AvgIpc) is 3.10. The first-order chi connectivity index (χ1) is 14.9. The SMILES string of the molecule is CCCc1[nH]c2cc(C(CC)C(=O)OCc3ccccc3Cl)ccc2c1C(=O)C(C)C.